The van der Waals surface area contributed by atoms with Crippen molar-refractivity contribution < 1.29 is 18.3 Å². The lowest BCUT2D eigenvalue weighted by molar-refractivity contribution is -0.0202. The molecule has 0 aromatic heterocycles. The number of hydrogen-bond donors (Lipinski definition) is 0. The van der Waals surface area contributed by atoms with Crippen LogP contribution in [0.1, 0.15) is 16.7 Å². The largest absolute Gasteiger partial charge is 0.424 e. The van der Waals surface area contributed by atoms with Crippen LogP contribution in [0.15, 0.2) is 147 Å². The number of allylic oxidation sites excluding steroid dienone is 1. The molecule has 37 heavy (non-hydrogen) atoms. The van der Waals surface area contributed by atoms with Crippen LogP contribution < -0.4 is 4.52 Å². The molecule has 0 aliphatic heterocycles. The van der Waals surface area contributed by atoms with Crippen LogP contribution in [0.4, 0.5) is 0 Å². The van der Waals surface area contributed by atoms with Crippen molar-refractivity contribution in [2.45, 2.75) is 11.7 Å². The lowest BCUT2D eigenvalue weighted by atomic mass is 9.80. The van der Waals surface area contributed by atoms with Gasteiger partial charge in [-0.25, -0.2) is 4.57 Å². The maximum Gasteiger partial charge on any atom is 0.383 e. The van der Waals surface area contributed by atoms with E-state index < -0.39 is 19.3 Å². The molecule has 4 aromatic rings. The zero-order valence-corrected chi connectivity index (χ0v) is 21.6. The van der Waals surface area contributed by atoms with Crippen molar-refractivity contribution >= 4 is 7.60 Å². The van der Waals surface area contributed by atoms with Gasteiger partial charge in [-0.15, -0.1) is 13.2 Å². The molecule has 0 amide bonds. The average Bonchev–Trinajstić information content (AvgIpc) is 2.95. The van der Waals surface area contributed by atoms with Gasteiger partial charge in [-0.2, -0.15) is 0 Å². The predicted octanol–water partition coefficient (Wildman–Crippen LogP) is 8.02. The first-order valence-corrected chi connectivity index (χ1v) is 13.9. The second-order valence-electron chi connectivity index (χ2n) is 8.46. The molecule has 0 heterocycles. The van der Waals surface area contributed by atoms with Gasteiger partial charge in [0.1, 0.15) is 17.5 Å². The number of hydrogen-bond acceptors (Lipinski definition) is 4. The molecule has 0 N–H and O–H groups in total. The van der Waals surface area contributed by atoms with E-state index in [1.165, 1.54) is 6.08 Å². The van der Waals surface area contributed by atoms with Gasteiger partial charge in [0.2, 0.25) is 0 Å². The third-order valence-corrected chi connectivity index (χ3v) is 7.69. The Kier molecular flexibility index (Phi) is 8.92. The summed E-state index contributed by atoms with van der Waals surface area (Å²) in [6.07, 6.45) is 2.47. The molecule has 0 radical (unpaired) electrons. The van der Waals surface area contributed by atoms with E-state index in [-0.39, 0.29) is 12.8 Å². The number of benzene rings is 4. The number of para-hydroxylation sites is 1. The molecule has 0 spiro atoms. The fourth-order valence-corrected chi connectivity index (χ4v) is 5.75. The van der Waals surface area contributed by atoms with Gasteiger partial charge in [-0.3, -0.25) is 4.52 Å². The Balaban J connectivity index is 1.69. The zero-order chi connectivity index (χ0) is 26.0. The van der Waals surface area contributed by atoms with Crippen molar-refractivity contribution in [3.8, 4) is 5.75 Å². The molecular formula is C32H31O4P. The molecule has 188 valence electrons. The highest BCUT2D eigenvalue weighted by Crippen LogP contribution is 2.50. The fourth-order valence-electron chi connectivity index (χ4n) is 4.23. The van der Waals surface area contributed by atoms with Crippen LogP contribution in [0.3, 0.4) is 0 Å². The first-order chi connectivity index (χ1) is 18.1. The quantitative estimate of drug-likeness (QED) is 0.104. The van der Waals surface area contributed by atoms with E-state index in [9.17, 15) is 4.57 Å². The predicted molar refractivity (Wildman–Crippen MR) is 150 cm³/mol. The zero-order valence-electron chi connectivity index (χ0n) is 20.7. The summed E-state index contributed by atoms with van der Waals surface area (Å²) in [5.74, 6) is 0.462. The van der Waals surface area contributed by atoms with Crippen LogP contribution in [0.25, 0.3) is 0 Å². The maximum absolute atomic E-state index is 13.7. The number of rotatable bonds is 13. The van der Waals surface area contributed by atoms with Crippen LogP contribution in [-0.4, -0.2) is 18.9 Å². The monoisotopic (exact) mass is 510 g/mol. The summed E-state index contributed by atoms with van der Waals surface area (Å²) >= 11 is 0. The topological polar surface area (TPSA) is 44.8 Å². The van der Waals surface area contributed by atoms with E-state index in [0.29, 0.717) is 5.75 Å². The molecule has 0 fully saturated rings. The van der Waals surface area contributed by atoms with E-state index >= 15 is 0 Å². The Morgan fingerprint density at radius 3 is 1.54 bits per heavy atom. The van der Waals surface area contributed by atoms with Gasteiger partial charge in [-0.05, 0) is 28.8 Å². The van der Waals surface area contributed by atoms with Gasteiger partial charge in [0.05, 0.1) is 12.8 Å². The van der Waals surface area contributed by atoms with Crippen LogP contribution in [-0.2, 0) is 19.4 Å². The molecule has 0 saturated carbocycles. The molecule has 0 bridgehead atoms. The van der Waals surface area contributed by atoms with E-state index in [2.05, 4.69) is 13.2 Å². The molecule has 4 rings (SSSR count). The Bertz CT molecular complexity index is 1210. The molecule has 0 aliphatic rings. The maximum atomic E-state index is 13.7. The van der Waals surface area contributed by atoms with E-state index in [4.69, 9.17) is 13.8 Å². The third kappa shape index (κ3) is 6.36. The van der Waals surface area contributed by atoms with Crippen LogP contribution in [0.2, 0.25) is 0 Å². The van der Waals surface area contributed by atoms with Crippen molar-refractivity contribution in [2.75, 3.05) is 12.8 Å². The van der Waals surface area contributed by atoms with Crippen molar-refractivity contribution in [3.63, 3.8) is 0 Å². The van der Waals surface area contributed by atoms with Gasteiger partial charge in [0.15, 0.2) is 0 Å². The molecule has 4 aromatic carbocycles. The summed E-state index contributed by atoms with van der Waals surface area (Å²) in [5.41, 5.74) is 1.96. The summed E-state index contributed by atoms with van der Waals surface area (Å²) in [6.45, 7) is 7.74. The standard InChI is InChI=1S/C32H31O4P/c1-3-25-37(33,36-31-23-15-8-16-24-31)35-30(4-2)26-34-32(27-17-9-5-10-18-27,28-19-11-6-12-20-28)29-21-13-7-14-22-29/h3-24,30H,1-2,25-26H2/t30-,37-/m0/s1. The Hall–Kier alpha value is -3.69. The lowest BCUT2D eigenvalue weighted by Gasteiger charge is -2.37. The summed E-state index contributed by atoms with van der Waals surface area (Å²) in [6, 6.07) is 39.1. The summed E-state index contributed by atoms with van der Waals surface area (Å²) in [5, 5.41) is 0. The van der Waals surface area contributed by atoms with Crippen molar-refractivity contribution in [3.05, 3.63) is 163 Å². The first kappa shape index (κ1) is 26.4. The minimum absolute atomic E-state index is 0.0490. The third-order valence-electron chi connectivity index (χ3n) is 5.90. The average molecular weight is 511 g/mol. The Labute approximate surface area is 219 Å². The summed E-state index contributed by atoms with van der Waals surface area (Å²) in [4.78, 5) is 0. The minimum Gasteiger partial charge on any atom is -0.424 e. The smallest absolute Gasteiger partial charge is 0.383 e. The second kappa shape index (κ2) is 12.5. The van der Waals surface area contributed by atoms with Gasteiger partial charge in [-0.1, -0.05) is 121 Å². The molecule has 4 nitrogen and oxygen atoms in total. The van der Waals surface area contributed by atoms with Gasteiger partial charge >= 0.3 is 7.60 Å². The highest BCUT2D eigenvalue weighted by Gasteiger charge is 2.39. The lowest BCUT2D eigenvalue weighted by Crippen LogP contribution is -2.36. The second-order valence-corrected chi connectivity index (χ2v) is 10.4. The van der Waals surface area contributed by atoms with Crippen molar-refractivity contribution in [1.82, 2.24) is 0 Å². The van der Waals surface area contributed by atoms with E-state index in [1.807, 2.05) is 109 Å². The molecular weight excluding hydrogens is 479 g/mol. The molecule has 5 heteroatoms. The molecule has 0 unspecified atom stereocenters. The van der Waals surface area contributed by atoms with Crippen LogP contribution in [0.5, 0.6) is 5.75 Å². The van der Waals surface area contributed by atoms with Crippen molar-refractivity contribution in [2.24, 2.45) is 0 Å². The summed E-state index contributed by atoms with van der Waals surface area (Å²) in [7, 11) is -3.58. The Morgan fingerprint density at radius 2 is 1.14 bits per heavy atom. The van der Waals surface area contributed by atoms with Crippen molar-refractivity contribution in [1.29, 1.82) is 0 Å². The number of ether oxygens (including phenoxy) is 1. The highest BCUT2D eigenvalue weighted by atomic mass is 31.2. The molecule has 0 aliphatic carbocycles. The fraction of sp³-hybridized carbons (Fsp3) is 0.125. The molecule has 0 saturated heterocycles. The SMILES string of the molecule is C=CC[P@@](=O)(Oc1ccccc1)O[C@@H](C=C)COC(c1ccccc1)(c1ccccc1)c1ccccc1. The molecule has 2 atom stereocenters. The normalized spacial score (nSPS) is 13.7. The summed E-state index contributed by atoms with van der Waals surface area (Å²) < 4.78 is 32.4. The Morgan fingerprint density at radius 1 is 0.703 bits per heavy atom. The van der Waals surface area contributed by atoms with E-state index in [0.717, 1.165) is 16.7 Å². The minimum atomic E-state index is -3.58. The van der Waals surface area contributed by atoms with E-state index in [1.54, 1.807) is 18.2 Å². The van der Waals surface area contributed by atoms with Crippen LogP contribution in [0, 0.1) is 0 Å². The first-order valence-electron chi connectivity index (χ1n) is 12.2. The van der Waals surface area contributed by atoms with Gasteiger partial charge in [0.25, 0.3) is 0 Å². The van der Waals surface area contributed by atoms with Gasteiger partial charge in [0, 0.05) is 0 Å². The van der Waals surface area contributed by atoms with Gasteiger partial charge < -0.3 is 9.26 Å². The highest BCUT2D eigenvalue weighted by molar-refractivity contribution is 7.54. The van der Waals surface area contributed by atoms with Crippen LogP contribution >= 0.6 is 7.60 Å².